The number of carbonyl (C=O) groups is 3. The number of imide groups is 2. The molecule has 0 saturated carbocycles. The van der Waals surface area contributed by atoms with Gasteiger partial charge in [0.2, 0.25) is 5.75 Å². The minimum Gasteiger partial charge on any atom is -0.500 e. The number of phenols is 1. The van der Waals surface area contributed by atoms with E-state index in [0.717, 1.165) is 22.6 Å². The Labute approximate surface area is 170 Å². The minimum atomic E-state index is -0.942. The molecule has 0 unspecified atom stereocenters. The lowest BCUT2D eigenvalue weighted by molar-refractivity contribution is -0.386. The van der Waals surface area contributed by atoms with Crippen LogP contribution in [0.25, 0.3) is 6.08 Å². The van der Waals surface area contributed by atoms with E-state index in [1.165, 1.54) is 12.1 Å². The van der Waals surface area contributed by atoms with Crippen molar-refractivity contribution in [3.63, 3.8) is 0 Å². The number of anilines is 1. The summed E-state index contributed by atoms with van der Waals surface area (Å²) in [4.78, 5) is 48.7. The predicted octanol–water partition coefficient (Wildman–Crippen LogP) is 2.67. The maximum Gasteiger partial charge on any atom is 0.335 e. The fourth-order valence-electron chi connectivity index (χ4n) is 2.93. The third kappa shape index (κ3) is 3.83. The van der Waals surface area contributed by atoms with Crippen LogP contribution in [-0.4, -0.2) is 34.5 Å². The Kier molecular flexibility index (Phi) is 5.50. The van der Waals surface area contributed by atoms with Crippen molar-refractivity contribution in [3.8, 4) is 11.5 Å². The zero-order chi connectivity index (χ0) is 22.0. The second-order valence-corrected chi connectivity index (χ2v) is 6.37. The number of nitrogens with one attached hydrogen (secondary N) is 1. The summed E-state index contributed by atoms with van der Waals surface area (Å²) in [6, 6.07) is 7.93. The number of aromatic hydroxyl groups is 1. The molecule has 0 aromatic heterocycles. The number of benzene rings is 2. The second kappa shape index (κ2) is 8.03. The normalized spacial score (nSPS) is 15.3. The molecule has 1 saturated heterocycles. The van der Waals surface area contributed by atoms with Gasteiger partial charge in [0.25, 0.3) is 11.8 Å². The molecular formula is C20H17N3O7. The van der Waals surface area contributed by atoms with Gasteiger partial charge in [-0.15, -0.1) is 0 Å². The quantitative estimate of drug-likeness (QED) is 0.334. The molecule has 10 nitrogen and oxygen atoms in total. The van der Waals surface area contributed by atoms with Gasteiger partial charge in [-0.25, -0.2) is 9.69 Å². The van der Waals surface area contributed by atoms with Gasteiger partial charge in [0.05, 0.1) is 17.2 Å². The lowest BCUT2D eigenvalue weighted by Gasteiger charge is -2.26. The number of nitro benzene ring substituents is 1. The Morgan fingerprint density at radius 2 is 1.97 bits per heavy atom. The van der Waals surface area contributed by atoms with Crippen molar-refractivity contribution >= 4 is 35.3 Å². The Hall–Kier alpha value is -4.21. The highest BCUT2D eigenvalue weighted by molar-refractivity contribution is 6.39. The number of phenolic OH excluding ortho intramolecular Hbond substituents is 1. The van der Waals surface area contributed by atoms with E-state index >= 15 is 0 Å². The van der Waals surface area contributed by atoms with Crippen LogP contribution in [0.4, 0.5) is 16.2 Å². The van der Waals surface area contributed by atoms with Gasteiger partial charge in [0.15, 0.2) is 5.75 Å². The number of rotatable bonds is 5. The average Bonchev–Trinajstić information content (AvgIpc) is 2.67. The molecule has 1 heterocycles. The highest BCUT2D eigenvalue weighted by Crippen LogP contribution is 2.38. The molecule has 4 amide bonds. The molecule has 3 rings (SSSR count). The predicted molar refractivity (Wildman–Crippen MR) is 106 cm³/mol. The maximum atomic E-state index is 12.9. The van der Waals surface area contributed by atoms with Crippen molar-refractivity contribution in [2.45, 2.75) is 13.8 Å². The lowest BCUT2D eigenvalue weighted by atomic mass is 10.1. The molecule has 2 N–H and O–H groups in total. The van der Waals surface area contributed by atoms with Crippen molar-refractivity contribution in [2.75, 3.05) is 11.5 Å². The molecule has 1 fully saturated rings. The zero-order valence-corrected chi connectivity index (χ0v) is 16.0. The van der Waals surface area contributed by atoms with Crippen molar-refractivity contribution < 1.29 is 29.2 Å². The van der Waals surface area contributed by atoms with Crippen LogP contribution in [0.3, 0.4) is 0 Å². The van der Waals surface area contributed by atoms with E-state index in [-0.39, 0.29) is 23.6 Å². The fraction of sp³-hybridized carbons (Fsp3) is 0.150. The van der Waals surface area contributed by atoms with E-state index in [4.69, 9.17) is 4.74 Å². The molecule has 0 radical (unpaired) electrons. The van der Waals surface area contributed by atoms with Gasteiger partial charge >= 0.3 is 11.7 Å². The zero-order valence-electron chi connectivity index (χ0n) is 16.0. The van der Waals surface area contributed by atoms with Crippen LogP contribution in [0.1, 0.15) is 18.1 Å². The summed E-state index contributed by atoms with van der Waals surface area (Å²) in [6.45, 7) is 3.53. The molecule has 30 heavy (non-hydrogen) atoms. The van der Waals surface area contributed by atoms with E-state index < -0.39 is 39.8 Å². The molecule has 0 atom stereocenters. The van der Waals surface area contributed by atoms with Crippen LogP contribution in [0.15, 0.2) is 42.0 Å². The molecular weight excluding hydrogens is 394 g/mol. The number of ether oxygens (including phenoxy) is 1. The minimum absolute atomic E-state index is 0.0694. The van der Waals surface area contributed by atoms with Gasteiger partial charge < -0.3 is 9.84 Å². The first-order valence-corrected chi connectivity index (χ1v) is 8.85. The number of urea groups is 1. The van der Waals surface area contributed by atoms with Crippen molar-refractivity contribution in [2.24, 2.45) is 0 Å². The molecule has 1 aliphatic heterocycles. The second-order valence-electron chi connectivity index (χ2n) is 6.37. The molecule has 154 valence electrons. The highest BCUT2D eigenvalue weighted by atomic mass is 16.6. The van der Waals surface area contributed by atoms with E-state index in [1.807, 2.05) is 0 Å². The summed E-state index contributed by atoms with van der Waals surface area (Å²) in [5.41, 5.74) is 0.0789. The van der Waals surface area contributed by atoms with Crippen LogP contribution in [-0.2, 0) is 9.59 Å². The molecule has 2 aromatic rings. The Morgan fingerprint density at radius 1 is 1.23 bits per heavy atom. The summed E-state index contributed by atoms with van der Waals surface area (Å²) in [5, 5.41) is 23.3. The van der Waals surface area contributed by atoms with Crippen LogP contribution in [0, 0.1) is 17.0 Å². The van der Waals surface area contributed by atoms with Crippen molar-refractivity contribution in [1.82, 2.24) is 5.32 Å². The molecule has 0 bridgehead atoms. The van der Waals surface area contributed by atoms with Gasteiger partial charge in [-0.2, -0.15) is 0 Å². The topological polar surface area (TPSA) is 139 Å². The number of nitrogens with zero attached hydrogens (tertiary/aromatic N) is 2. The first-order valence-electron chi connectivity index (χ1n) is 8.85. The number of nitro groups is 1. The van der Waals surface area contributed by atoms with Crippen LogP contribution < -0.4 is 15.0 Å². The summed E-state index contributed by atoms with van der Waals surface area (Å²) >= 11 is 0. The van der Waals surface area contributed by atoms with Gasteiger partial charge in [-0.1, -0.05) is 12.1 Å². The summed E-state index contributed by atoms with van der Waals surface area (Å²) in [5.74, 6) is -2.67. The van der Waals surface area contributed by atoms with Gasteiger partial charge in [-0.3, -0.25) is 25.0 Å². The van der Waals surface area contributed by atoms with Crippen LogP contribution in [0.5, 0.6) is 11.5 Å². The van der Waals surface area contributed by atoms with E-state index in [1.54, 1.807) is 32.0 Å². The van der Waals surface area contributed by atoms with Crippen LogP contribution >= 0.6 is 0 Å². The first kappa shape index (κ1) is 20.5. The first-order chi connectivity index (χ1) is 14.2. The molecule has 0 aliphatic carbocycles. The third-order valence-electron chi connectivity index (χ3n) is 4.25. The van der Waals surface area contributed by atoms with Gasteiger partial charge in [-0.05, 0) is 49.2 Å². The summed E-state index contributed by atoms with van der Waals surface area (Å²) in [7, 11) is 0. The molecule has 10 heteroatoms. The number of hydrogen-bond acceptors (Lipinski definition) is 7. The summed E-state index contributed by atoms with van der Waals surface area (Å²) in [6.07, 6.45) is 1.10. The Morgan fingerprint density at radius 3 is 2.60 bits per heavy atom. The van der Waals surface area contributed by atoms with Gasteiger partial charge in [0.1, 0.15) is 5.57 Å². The van der Waals surface area contributed by atoms with Crippen molar-refractivity contribution in [3.05, 3.63) is 63.2 Å². The average molecular weight is 411 g/mol. The monoisotopic (exact) mass is 411 g/mol. The van der Waals surface area contributed by atoms with E-state index in [9.17, 15) is 29.6 Å². The standard InChI is InChI=1S/C20H17N3O7/c1-3-30-16-10-12(9-15(17(16)24)23(28)29)8-14-18(25)21-20(27)22(19(14)26)13-6-4-5-11(2)7-13/h4-10,24H,3H2,1-2H3,(H,21,25,27)/b14-8+. The largest absolute Gasteiger partial charge is 0.500 e. The van der Waals surface area contributed by atoms with Crippen LogP contribution in [0.2, 0.25) is 0 Å². The molecule has 0 spiro atoms. The van der Waals surface area contributed by atoms with E-state index in [0.29, 0.717) is 0 Å². The molecule has 2 aromatic carbocycles. The Balaban J connectivity index is 2.09. The smallest absolute Gasteiger partial charge is 0.335 e. The Bertz CT molecular complexity index is 1110. The lowest BCUT2D eigenvalue weighted by Crippen LogP contribution is -2.54. The SMILES string of the molecule is CCOc1cc(/C=C2\C(=O)NC(=O)N(c3cccc(C)c3)C2=O)cc([N+](=O)[O-])c1O. The number of carbonyl (C=O) groups excluding carboxylic acids is 3. The van der Waals surface area contributed by atoms with Gasteiger partial charge in [0, 0.05) is 6.07 Å². The summed E-state index contributed by atoms with van der Waals surface area (Å²) < 4.78 is 5.20. The molecule has 1 aliphatic rings. The third-order valence-corrected chi connectivity index (χ3v) is 4.25. The highest BCUT2D eigenvalue weighted by Gasteiger charge is 2.37. The van der Waals surface area contributed by atoms with Crippen molar-refractivity contribution in [1.29, 1.82) is 0 Å². The number of barbiturate groups is 1. The fourth-order valence-corrected chi connectivity index (χ4v) is 2.93. The van der Waals surface area contributed by atoms with E-state index in [2.05, 4.69) is 5.32 Å². The number of amides is 4. The number of aryl methyl sites for hydroxylation is 1. The number of hydrogen-bond donors (Lipinski definition) is 2. The maximum absolute atomic E-state index is 12.9.